The Morgan fingerprint density at radius 2 is 1.81 bits per heavy atom. The van der Waals surface area contributed by atoms with Gasteiger partial charge < -0.3 is 20.6 Å². The summed E-state index contributed by atoms with van der Waals surface area (Å²) in [6, 6.07) is 1.88. The van der Waals surface area contributed by atoms with E-state index in [1.807, 2.05) is 38.9 Å². The van der Waals surface area contributed by atoms with E-state index in [0.717, 1.165) is 24.0 Å². The number of aromatic nitrogens is 2. The van der Waals surface area contributed by atoms with Gasteiger partial charge in [-0.3, -0.25) is 0 Å². The fourth-order valence-corrected chi connectivity index (χ4v) is 2.10. The molecular weight excluding hydrogens is 266 g/mol. The molecule has 0 aliphatic heterocycles. The van der Waals surface area contributed by atoms with Gasteiger partial charge in [0.15, 0.2) is 0 Å². The van der Waals surface area contributed by atoms with Crippen LogP contribution in [-0.2, 0) is 0 Å². The topological polar surface area (TPSA) is 73.3 Å². The zero-order valence-corrected chi connectivity index (χ0v) is 14.1. The Morgan fingerprint density at radius 1 is 1.24 bits per heavy atom. The van der Waals surface area contributed by atoms with E-state index in [-0.39, 0.29) is 5.92 Å². The molecule has 0 saturated carbocycles. The molecule has 1 rings (SSSR count). The minimum Gasteiger partial charge on any atom is -0.387 e. The molecule has 0 saturated heterocycles. The van der Waals surface area contributed by atoms with Crippen molar-refractivity contribution in [2.24, 2.45) is 0 Å². The molecule has 0 aromatic carbocycles. The second-order valence-electron chi connectivity index (χ2n) is 6.27. The Hall–Kier alpha value is -1.40. The third kappa shape index (κ3) is 6.27. The van der Waals surface area contributed by atoms with Crippen molar-refractivity contribution in [1.29, 1.82) is 0 Å². The summed E-state index contributed by atoms with van der Waals surface area (Å²) in [4.78, 5) is 11.0. The highest BCUT2D eigenvalue weighted by molar-refractivity contribution is 5.48. The molecule has 6 nitrogen and oxygen atoms in total. The van der Waals surface area contributed by atoms with Crippen LogP contribution < -0.4 is 10.6 Å². The molecule has 0 aliphatic carbocycles. The fraction of sp³-hybridized carbons (Fsp3) is 0.733. The molecule has 6 heteroatoms. The Labute approximate surface area is 128 Å². The molecule has 0 radical (unpaired) electrons. The van der Waals surface area contributed by atoms with Crippen molar-refractivity contribution in [1.82, 2.24) is 14.9 Å². The second kappa shape index (κ2) is 7.56. The van der Waals surface area contributed by atoms with Crippen LogP contribution in [0.25, 0.3) is 0 Å². The monoisotopic (exact) mass is 295 g/mol. The van der Waals surface area contributed by atoms with E-state index in [1.54, 1.807) is 0 Å². The molecule has 0 bridgehead atoms. The van der Waals surface area contributed by atoms with Gasteiger partial charge >= 0.3 is 0 Å². The highest BCUT2D eigenvalue weighted by atomic mass is 16.3. The SMILES string of the molecule is CCNc1cc(NCC(C)(O)CN(C)C)nc(C(C)C)n1. The van der Waals surface area contributed by atoms with Crippen LogP contribution in [0.15, 0.2) is 6.07 Å². The van der Waals surface area contributed by atoms with Crippen molar-refractivity contribution in [3.63, 3.8) is 0 Å². The number of hydrogen-bond acceptors (Lipinski definition) is 6. The summed E-state index contributed by atoms with van der Waals surface area (Å²) in [7, 11) is 3.89. The molecule has 1 atom stereocenters. The van der Waals surface area contributed by atoms with Gasteiger partial charge in [-0.1, -0.05) is 13.8 Å². The summed E-state index contributed by atoms with van der Waals surface area (Å²) in [5.41, 5.74) is -0.815. The predicted molar refractivity (Wildman–Crippen MR) is 88.0 cm³/mol. The number of nitrogens with one attached hydrogen (secondary N) is 2. The second-order valence-corrected chi connectivity index (χ2v) is 6.27. The molecule has 1 heterocycles. The number of nitrogens with zero attached hydrogens (tertiary/aromatic N) is 3. The molecule has 0 fully saturated rings. The maximum absolute atomic E-state index is 10.3. The van der Waals surface area contributed by atoms with Crippen LogP contribution in [0.2, 0.25) is 0 Å². The van der Waals surface area contributed by atoms with Crippen LogP contribution >= 0.6 is 0 Å². The van der Waals surface area contributed by atoms with Gasteiger partial charge in [-0.25, -0.2) is 9.97 Å². The molecular formula is C15H29N5O. The standard InChI is InChI=1S/C15H29N5O/c1-7-16-12-8-13(19-14(18-12)11(2)3)17-9-15(4,21)10-20(5)6/h8,11,21H,7,9-10H2,1-6H3,(H2,16,17,18,19). The minimum absolute atomic E-state index is 0.256. The van der Waals surface area contributed by atoms with E-state index in [2.05, 4.69) is 34.4 Å². The first-order valence-electron chi connectivity index (χ1n) is 7.47. The predicted octanol–water partition coefficient (Wildman–Crippen LogP) is 1.76. The molecule has 0 spiro atoms. The largest absolute Gasteiger partial charge is 0.387 e. The summed E-state index contributed by atoms with van der Waals surface area (Å²) in [5, 5.41) is 16.8. The number of anilines is 2. The number of hydrogen-bond donors (Lipinski definition) is 3. The first kappa shape index (κ1) is 17.7. The molecule has 21 heavy (non-hydrogen) atoms. The van der Waals surface area contributed by atoms with Crippen LogP contribution in [0.5, 0.6) is 0 Å². The lowest BCUT2D eigenvalue weighted by molar-refractivity contribution is 0.0459. The Morgan fingerprint density at radius 3 is 2.29 bits per heavy atom. The van der Waals surface area contributed by atoms with Crippen LogP contribution in [-0.4, -0.2) is 59.3 Å². The zero-order valence-electron chi connectivity index (χ0n) is 14.1. The quantitative estimate of drug-likeness (QED) is 0.678. The Balaban J connectivity index is 2.82. The van der Waals surface area contributed by atoms with Crippen LogP contribution in [0.4, 0.5) is 11.6 Å². The van der Waals surface area contributed by atoms with Crippen molar-refractivity contribution >= 4 is 11.6 Å². The van der Waals surface area contributed by atoms with E-state index in [9.17, 15) is 5.11 Å². The van der Waals surface area contributed by atoms with E-state index < -0.39 is 5.60 Å². The zero-order chi connectivity index (χ0) is 16.0. The molecule has 0 aliphatic rings. The highest BCUT2D eigenvalue weighted by Gasteiger charge is 2.21. The van der Waals surface area contributed by atoms with E-state index >= 15 is 0 Å². The van der Waals surface area contributed by atoms with Crippen molar-refractivity contribution in [3.05, 3.63) is 11.9 Å². The average Bonchev–Trinajstić information content (AvgIpc) is 2.35. The van der Waals surface area contributed by atoms with Gasteiger partial charge in [-0.15, -0.1) is 0 Å². The molecule has 120 valence electrons. The van der Waals surface area contributed by atoms with Crippen molar-refractivity contribution in [2.45, 2.75) is 39.2 Å². The van der Waals surface area contributed by atoms with Gasteiger partial charge in [-0.2, -0.15) is 0 Å². The van der Waals surface area contributed by atoms with Gasteiger partial charge in [0.25, 0.3) is 0 Å². The summed E-state index contributed by atoms with van der Waals surface area (Å²) in [6.07, 6.45) is 0. The maximum atomic E-state index is 10.3. The Bertz CT molecular complexity index is 446. The van der Waals surface area contributed by atoms with Crippen molar-refractivity contribution in [2.75, 3.05) is 44.4 Å². The fourth-order valence-electron chi connectivity index (χ4n) is 2.10. The lowest BCUT2D eigenvalue weighted by Gasteiger charge is -2.27. The van der Waals surface area contributed by atoms with Gasteiger partial charge in [0.2, 0.25) is 0 Å². The summed E-state index contributed by atoms with van der Waals surface area (Å²) < 4.78 is 0. The summed E-state index contributed by atoms with van der Waals surface area (Å²) in [5.74, 6) is 2.60. The van der Waals surface area contributed by atoms with E-state index in [4.69, 9.17) is 0 Å². The molecule has 0 amide bonds. The van der Waals surface area contributed by atoms with Gasteiger partial charge in [0.05, 0.1) is 5.60 Å². The van der Waals surface area contributed by atoms with Crippen molar-refractivity contribution < 1.29 is 5.11 Å². The number of likely N-dealkylation sites (N-methyl/N-ethyl adjacent to an activating group) is 1. The third-order valence-corrected chi connectivity index (χ3v) is 2.92. The smallest absolute Gasteiger partial charge is 0.135 e. The van der Waals surface area contributed by atoms with Gasteiger partial charge in [-0.05, 0) is 27.9 Å². The van der Waals surface area contributed by atoms with Crippen molar-refractivity contribution in [3.8, 4) is 0 Å². The average molecular weight is 295 g/mol. The molecule has 3 N–H and O–H groups in total. The lowest BCUT2D eigenvalue weighted by atomic mass is 10.1. The normalized spacial score (nSPS) is 14.3. The van der Waals surface area contributed by atoms with Crippen LogP contribution in [0, 0.1) is 0 Å². The summed E-state index contributed by atoms with van der Waals surface area (Å²) >= 11 is 0. The first-order chi connectivity index (χ1) is 9.73. The molecule has 1 aromatic heterocycles. The van der Waals surface area contributed by atoms with Crippen LogP contribution in [0.3, 0.4) is 0 Å². The number of rotatable bonds is 8. The van der Waals surface area contributed by atoms with E-state index in [1.165, 1.54) is 0 Å². The molecule has 1 aromatic rings. The minimum atomic E-state index is -0.815. The highest BCUT2D eigenvalue weighted by Crippen LogP contribution is 2.17. The van der Waals surface area contributed by atoms with Gasteiger partial charge in [0, 0.05) is 31.6 Å². The third-order valence-electron chi connectivity index (χ3n) is 2.92. The maximum Gasteiger partial charge on any atom is 0.135 e. The van der Waals surface area contributed by atoms with E-state index in [0.29, 0.717) is 13.1 Å². The number of aliphatic hydroxyl groups is 1. The van der Waals surface area contributed by atoms with Crippen LogP contribution in [0.1, 0.15) is 39.4 Å². The van der Waals surface area contributed by atoms with Gasteiger partial charge in [0.1, 0.15) is 17.5 Å². The molecule has 1 unspecified atom stereocenters. The first-order valence-corrected chi connectivity index (χ1v) is 7.47. The summed E-state index contributed by atoms with van der Waals surface area (Å²) in [6.45, 7) is 9.82. The lowest BCUT2D eigenvalue weighted by Crippen LogP contribution is -2.43. The Kier molecular flexibility index (Phi) is 6.36.